The van der Waals surface area contributed by atoms with Gasteiger partial charge in [-0.25, -0.2) is 0 Å². The average molecular weight is 142 g/mol. The van der Waals surface area contributed by atoms with E-state index in [1.54, 1.807) is 12.1 Å². The quantitative estimate of drug-likeness (QED) is 0.245. The molecule has 0 radical (unpaired) electrons. The van der Waals surface area contributed by atoms with Crippen molar-refractivity contribution in [2.24, 2.45) is 0 Å². The van der Waals surface area contributed by atoms with Gasteiger partial charge >= 0.3 is 5.71 Å². The van der Waals surface area contributed by atoms with Crippen molar-refractivity contribution in [1.82, 2.24) is 0 Å². The van der Waals surface area contributed by atoms with Crippen molar-refractivity contribution >= 4 is 5.71 Å². The number of hydrogen-bond acceptors (Lipinski definition) is 0. The van der Waals surface area contributed by atoms with Crippen LogP contribution in [-0.2, 0) is 0 Å². The van der Waals surface area contributed by atoms with Crippen molar-refractivity contribution in [2.75, 3.05) is 0 Å². The molecule has 11 heavy (non-hydrogen) atoms. The third kappa shape index (κ3) is 1.54. The van der Waals surface area contributed by atoms with Crippen LogP contribution in [0.3, 0.4) is 0 Å². The summed E-state index contributed by atoms with van der Waals surface area (Å²) in [6.07, 6.45) is 5.07. The van der Waals surface area contributed by atoms with Crippen molar-refractivity contribution in [1.29, 1.82) is 0 Å². The van der Waals surface area contributed by atoms with E-state index in [9.17, 15) is 0 Å². The normalized spacial score (nSPS) is 7.91. The Kier molecular flexibility index (Phi) is 2.22. The summed E-state index contributed by atoms with van der Waals surface area (Å²) in [5.41, 5.74) is 9.43. The fourth-order valence-electron chi connectivity index (χ4n) is 0.766. The summed E-state index contributed by atoms with van der Waals surface area (Å²) < 4.78 is 0. The van der Waals surface area contributed by atoms with Crippen LogP contribution in [0.25, 0.3) is 5.53 Å². The van der Waals surface area contributed by atoms with E-state index in [-0.39, 0.29) is 5.71 Å². The highest BCUT2D eigenvalue weighted by molar-refractivity contribution is 6.08. The smallest absolute Gasteiger partial charge is 0.360 e. The molecule has 1 aromatic rings. The number of nitrogens with zero attached hydrogens (tertiary/aromatic N) is 2. The van der Waals surface area contributed by atoms with E-state index in [2.05, 4.69) is 10.7 Å². The minimum absolute atomic E-state index is 0.255. The molecule has 0 saturated carbocycles. The Hall–Kier alpha value is -1.84. The van der Waals surface area contributed by atoms with Crippen molar-refractivity contribution in [3.8, 4) is 12.3 Å². The number of benzene rings is 1. The Morgan fingerprint density at radius 3 is 2.45 bits per heavy atom. The van der Waals surface area contributed by atoms with Gasteiger partial charge in [-0.3, -0.25) is 0 Å². The molecular formula is C9H6N2. The molecule has 0 bridgehead atoms. The molecule has 0 atom stereocenters. The first-order valence-electron chi connectivity index (χ1n) is 3.12. The lowest BCUT2D eigenvalue weighted by Gasteiger charge is -1.85. The first kappa shape index (κ1) is 7.27. The molecule has 0 aromatic heterocycles. The van der Waals surface area contributed by atoms with Crippen LogP contribution in [0.1, 0.15) is 5.56 Å². The van der Waals surface area contributed by atoms with E-state index in [4.69, 9.17) is 12.0 Å². The molecular weight excluding hydrogens is 136 g/mol. The molecule has 0 aliphatic carbocycles. The zero-order valence-corrected chi connectivity index (χ0v) is 5.86. The van der Waals surface area contributed by atoms with Crippen LogP contribution in [0.5, 0.6) is 0 Å². The summed E-state index contributed by atoms with van der Waals surface area (Å²) in [7, 11) is 0. The van der Waals surface area contributed by atoms with Gasteiger partial charge in [0.25, 0.3) is 0 Å². The van der Waals surface area contributed by atoms with Crippen molar-refractivity contribution in [3.05, 3.63) is 41.4 Å². The van der Waals surface area contributed by atoms with E-state index in [0.29, 0.717) is 0 Å². The summed E-state index contributed by atoms with van der Waals surface area (Å²) in [5, 5.41) is 0. The fourth-order valence-corrected chi connectivity index (χ4v) is 0.766. The molecule has 2 heteroatoms. The van der Waals surface area contributed by atoms with Crippen LogP contribution in [0.2, 0.25) is 0 Å². The van der Waals surface area contributed by atoms with Gasteiger partial charge in [0, 0.05) is 5.92 Å². The van der Waals surface area contributed by atoms with Gasteiger partial charge in [0.1, 0.15) is 0 Å². The fraction of sp³-hybridized carbons (Fsp3) is 0. The van der Waals surface area contributed by atoms with Crippen LogP contribution < -0.4 is 0 Å². The Bertz CT molecular complexity index is 326. The second-order valence-electron chi connectivity index (χ2n) is 1.96. The minimum Gasteiger partial charge on any atom is -0.360 e. The summed E-state index contributed by atoms with van der Waals surface area (Å²) in [4.78, 5) is 2.96. The molecule has 0 spiro atoms. The molecule has 0 fully saturated rings. The maximum absolute atomic E-state index is 8.42. The van der Waals surface area contributed by atoms with Crippen molar-refractivity contribution in [2.45, 2.75) is 0 Å². The summed E-state index contributed by atoms with van der Waals surface area (Å²) in [6.45, 7) is 0. The highest BCUT2D eigenvalue weighted by Crippen LogP contribution is 1.97. The van der Waals surface area contributed by atoms with Crippen LogP contribution in [0, 0.1) is 12.3 Å². The molecule has 2 nitrogen and oxygen atoms in total. The molecule has 52 valence electrons. The molecule has 0 saturated heterocycles. The predicted molar refractivity (Wildman–Crippen MR) is 43.0 cm³/mol. The second-order valence-corrected chi connectivity index (χ2v) is 1.96. The van der Waals surface area contributed by atoms with Gasteiger partial charge in [-0.15, -0.1) is 6.42 Å². The highest BCUT2D eigenvalue weighted by atomic mass is 14.8. The molecule has 0 unspecified atom stereocenters. The van der Waals surface area contributed by atoms with Crippen molar-refractivity contribution in [3.63, 3.8) is 0 Å². The van der Waals surface area contributed by atoms with Gasteiger partial charge in [0.15, 0.2) is 0 Å². The SMILES string of the molecule is C#CC(=[N+]=[N-])c1ccccc1. The van der Waals surface area contributed by atoms with E-state index in [1.165, 1.54) is 0 Å². The maximum Gasteiger partial charge on any atom is 0.372 e. The summed E-state index contributed by atoms with van der Waals surface area (Å²) in [6, 6.07) is 9.11. The molecule has 0 aliphatic heterocycles. The van der Waals surface area contributed by atoms with Gasteiger partial charge < -0.3 is 5.53 Å². The number of hydrogen-bond donors (Lipinski definition) is 0. The monoisotopic (exact) mass is 142 g/mol. The number of rotatable bonds is 1. The minimum atomic E-state index is 0.255. The Morgan fingerprint density at radius 2 is 2.00 bits per heavy atom. The standard InChI is InChI=1S/C9H6N2/c1-2-9(11-10)8-6-4-3-5-7-8/h1,3-7H. The number of terminal acetylenes is 1. The lowest BCUT2D eigenvalue weighted by Crippen LogP contribution is -1.96. The highest BCUT2D eigenvalue weighted by Gasteiger charge is 2.04. The predicted octanol–water partition coefficient (Wildman–Crippen LogP) is 1.34. The third-order valence-electron chi connectivity index (χ3n) is 1.28. The maximum atomic E-state index is 8.42. The molecule has 0 amide bonds. The largest absolute Gasteiger partial charge is 0.372 e. The van der Waals surface area contributed by atoms with Gasteiger partial charge in [-0.05, 0) is 12.1 Å². The van der Waals surface area contributed by atoms with Crippen molar-refractivity contribution < 1.29 is 4.79 Å². The first-order valence-corrected chi connectivity index (χ1v) is 3.12. The summed E-state index contributed by atoms with van der Waals surface area (Å²) >= 11 is 0. The lowest BCUT2D eigenvalue weighted by atomic mass is 10.1. The average Bonchev–Trinajstić information content (AvgIpc) is 2.09. The third-order valence-corrected chi connectivity index (χ3v) is 1.28. The molecule has 1 rings (SSSR count). The molecule has 0 N–H and O–H groups in total. The van der Waals surface area contributed by atoms with Gasteiger partial charge in [0.05, 0.1) is 5.56 Å². The topological polar surface area (TPSA) is 36.4 Å². The van der Waals surface area contributed by atoms with E-state index in [0.717, 1.165) is 5.56 Å². The van der Waals surface area contributed by atoms with Crippen LogP contribution in [0.4, 0.5) is 0 Å². The first-order chi connectivity index (χ1) is 5.38. The summed E-state index contributed by atoms with van der Waals surface area (Å²) in [5.74, 6) is 2.27. The Morgan fingerprint density at radius 1 is 1.36 bits per heavy atom. The van der Waals surface area contributed by atoms with Gasteiger partial charge in [-0.1, -0.05) is 18.2 Å². The van der Waals surface area contributed by atoms with Gasteiger partial charge in [-0.2, -0.15) is 4.79 Å². The molecule has 0 aliphatic rings. The Labute approximate surface area is 65.1 Å². The van der Waals surface area contributed by atoms with Crippen LogP contribution >= 0.6 is 0 Å². The van der Waals surface area contributed by atoms with Crippen LogP contribution in [0.15, 0.2) is 30.3 Å². The zero-order chi connectivity index (χ0) is 8.10. The van der Waals surface area contributed by atoms with E-state index < -0.39 is 0 Å². The van der Waals surface area contributed by atoms with Gasteiger partial charge in [0.2, 0.25) is 0 Å². The van der Waals surface area contributed by atoms with Crippen LogP contribution in [-0.4, -0.2) is 10.5 Å². The zero-order valence-electron chi connectivity index (χ0n) is 5.86. The van der Waals surface area contributed by atoms with E-state index in [1.807, 2.05) is 18.2 Å². The second kappa shape index (κ2) is 3.36. The molecule has 0 heterocycles. The Balaban J connectivity index is 3.15. The molecule has 1 aromatic carbocycles. The lowest BCUT2D eigenvalue weighted by molar-refractivity contribution is -0.00131. The van der Waals surface area contributed by atoms with E-state index >= 15 is 0 Å².